The number of aromatic nitrogens is 1. The van der Waals surface area contributed by atoms with E-state index < -0.39 is 0 Å². The highest BCUT2D eigenvalue weighted by Crippen LogP contribution is 2.27. The van der Waals surface area contributed by atoms with Crippen molar-refractivity contribution < 1.29 is 0 Å². The van der Waals surface area contributed by atoms with E-state index in [9.17, 15) is 0 Å². The zero-order valence-corrected chi connectivity index (χ0v) is 14.4. The summed E-state index contributed by atoms with van der Waals surface area (Å²) in [4.78, 5) is 4.93. The molecule has 0 aliphatic heterocycles. The molecule has 1 aliphatic rings. The second kappa shape index (κ2) is 6.37. The molecule has 0 radical (unpaired) electrons. The van der Waals surface area contributed by atoms with Crippen LogP contribution in [0.1, 0.15) is 67.8 Å². The molecule has 3 rings (SSSR count). The van der Waals surface area contributed by atoms with E-state index in [1.54, 1.807) is 0 Å². The molecule has 0 atom stereocenters. The minimum atomic E-state index is 0.468. The van der Waals surface area contributed by atoms with Gasteiger partial charge in [0.05, 0.1) is 5.52 Å². The van der Waals surface area contributed by atoms with Crippen LogP contribution in [-0.4, -0.2) is 11.0 Å². The molecule has 0 unspecified atom stereocenters. The number of hydrogen-bond donors (Lipinski definition) is 1. The lowest BCUT2D eigenvalue weighted by Gasteiger charge is -2.17. The third-order valence-corrected chi connectivity index (χ3v) is 4.88. The first kappa shape index (κ1) is 15.5. The van der Waals surface area contributed by atoms with Crippen molar-refractivity contribution in [2.45, 2.75) is 71.9 Å². The number of hydrogen-bond acceptors (Lipinski definition) is 2. The Bertz CT molecular complexity index is 667. The molecular formula is C20H28N2. The van der Waals surface area contributed by atoms with Crippen molar-refractivity contribution in [1.29, 1.82) is 0 Å². The van der Waals surface area contributed by atoms with Crippen molar-refractivity contribution in [3.63, 3.8) is 0 Å². The van der Waals surface area contributed by atoms with E-state index in [1.807, 2.05) is 0 Å². The third kappa shape index (κ3) is 3.17. The Balaban J connectivity index is 2.00. The summed E-state index contributed by atoms with van der Waals surface area (Å²) in [6, 6.07) is 7.56. The Labute approximate surface area is 134 Å². The van der Waals surface area contributed by atoms with Crippen LogP contribution < -0.4 is 5.32 Å². The van der Waals surface area contributed by atoms with Gasteiger partial charge in [0.2, 0.25) is 0 Å². The van der Waals surface area contributed by atoms with Gasteiger partial charge in [-0.15, -0.1) is 0 Å². The molecule has 1 aliphatic carbocycles. The highest BCUT2D eigenvalue weighted by Gasteiger charge is 2.16. The van der Waals surface area contributed by atoms with E-state index in [-0.39, 0.29) is 0 Å². The van der Waals surface area contributed by atoms with E-state index >= 15 is 0 Å². The van der Waals surface area contributed by atoms with Crippen LogP contribution in [-0.2, 0) is 6.54 Å². The molecule has 0 amide bonds. The van der Waals surface area contributed by atoms with E-state index in [1.165, 1.54) is 59.0 Å². The van der Waals surface area contributed by atoms with E-state index in [0.717, 1.165) is 6.54 Å². The maximum Gasteiger partial charge on any atom is 0.0738 e. The molecule has 2 aromatic rings. The van der Waals surface area contributed by atoms with Crippen LogP contribution in [0.3, 0.4) is 0 Å². The first-order chi connectivity index (χ1) is 10.5. The highest BCUT2D eigenvalue weighted by atomic mass is 14.9. The fourth-order valence-corrected chi connectivity index (χ4v) is 3.60. The number of benzene rings is 1. The van der Waals surface area contributed by atoms with E-state index in [4.69, 9.17) is 4.98 Å². The van der Waals surface area contributed by atoms with Gasteiger partial charge in [-0.1, -0.05) is 38.3 Å². The number of fused-ring (bicyclic) bond motifs is 1. The van der Waals surface area contributed by atoms with Gasteiger partial charge in [-0.2, -0.15) is 0 Å². The maximum atomic E-state index is 4.93. The van der Waals surface area contributed by atoms with Crippen LogP contribution in [0.25, 0.3) is 10.9 Å². The molecule has 118 valence electrons. The molecule has 22 heavy (non-hydrogen) atoms. The monoisotopic (exact) mass is 296 g/mol. The lowest BCUT2D eigenvalue weighted by atomic mass is 9.98. The smallest absolute Gasteiger partial charge is 0.0738 e. The molecule has 1 fully saturated rings. The quantitative estimate of drug-likeness (QED) is 0.858. The Morgan fingerprint density at radius 2 is 1.86 bits per heavy atom. The summed E-state index contributed by atoms with van der Waals surface area (Å²) in [5, 5.41) is 5.09. The molecular weight excluding hydrogens is 268 g/mol. The van der Waals surface area contributed by atoms with Gasteiger partial charge in [-0.05, 0) is 55.9 Å². The minimum absolute atomic E-state index is 0.468. The second-order valence-electron chi connectivity index (χ2n) is 7.20. The zero-order valence-electron chi connectivity index (χ0n) is 14.4. The van der Waals surface area contributed by atoms with Crippen molar-refractivity contribution in [1.82, 2.24) is 10.3 Å². The summed E-state index contributed by atoms with van der Waals surface area (Å²) in [6.45, 7) is 9.78. The molecule has 1 aromatic heterocycles. The highest BCUT2D eigenvalue weighted by molar-refractivity contribution is 5.86. The predicted octanol–water partition coefficient (Wildman–Crippen LogP) is 5.01. The van der Waals surface area contributed by atoms with Crippen molar-refractivity contribution in [3.05, 3.63) is 40.6 Å². The normalized spacial score (nSPS) is 16.0. The van der Waals surface area contributed by atoms with Crippen molar-refractivity contribution in [2.75, 3.05) is 0 Å². The number of rotatable bonds is 4. The Hall–Kier alpha value is -1.41. The minimum Gasteiger partial charge on any atom is -0.310 e. The predicted molar refractivity (Wildman–Crippen MR) is 94.4 cm³/mol. The van der Waals surface area contributed by atoms with Gasteiger partial charge in [0.25, 0.3) is 0 Å². The van der Waals surface area contributed by atoms with Gasteiger partial charge in [0, 0.05) is 23.7 Å². The van der Waals surface area contributed by atoms with Crippen LogP contribution >= 0.6 is 0 Å². The Morgan fingerprint density at radius 3 is 2.55 bits per heavy atom. The zero-order chi connectivity index (χ0) is 15.7. The Morgan fingerprint density at radius 1 is 1.14 bits per heavy atom. The van der Waals surface area contributed by atoms with Gasteiger partial charge in [-0.25, -0.2) is 0 Å². The Kier molecular flexibility index (Phi) is 4.49. The summed E-state index contributed by atoms with van der Waals surface area (Å²) >= 11 is 0. The number of aryl methyl sites for hydroxylation is 2. The molecule has 1 aromatic carbocycles. The fourth-order valence-electron chi connectivity index (χ4n) is 3.60. The molecule has 1 heterocycles. The van der Waals surface area contributed by atoms with E-state index in [0.29, 0.717) is 12.0 Å². The summed E-state index contributed by atoms with van der Waals surface area (Å²) in [5.74, 6) is 0.468. The van der Waals surface area contributed by atoms with Crippen molar-refractivity contribution in [3.8, 4) is 0 Å². The molecule has 0 saturated heterocycles. The lowest BCUT2D eigenvalue weighted by Crippen LogP contribution is -2.25. The molecule has 1 saturated carbocycles. The summed E-state index contributed by atoms with van der Waals surface area (Å²) in [5.41, 5.74) is 6.42. The second-order valence-corrected chi connectivity index (χ2v) is 7.20. The first-order valence-electron chi connectivity index (χ1n) is 8.68. The SMILES string of the molecule is Cc1cc(C)c2nc(C(C)C)cc(CNC3CCCC3)c2c1. The van der Waals surface area contributed by atoms with Crippen LogP contribution in [0.4, 0.5) is 0 Å². The van der Waals surface area contributed by atoms with Crippen molar-refractivity contribution in [2.24, 2.45) is 0 Å². The molecule has 2 heteroatoms. The van der Waals surface area contributed by atoms with Crippen LogP contribution in [0.15, 0.2) is 18.2 Å². The topological polar surface area (TPSA) is 24.9 Å². The van der Waals surface area contributed by atoms with Gasteiger partial charge in [0.1, 0.15) is 0 Å². The van der Waals surface area contributed by atoms with Crippen LogP contribution in [0.5, 0.6) is 0 Å². The average molecular weight is 296 g/mol. The average Bonchev–Trinajstić information content (AvgIpc) is 2.98. The number of nitrogens with one attached hydrogen (secondary N) is 1. The molecule has 0 bridgehead atoms. The summed E-state index contributed by atoms with van der Waals surface area (Å²) in [7, 11) is 0. The molecule has 1 N–H and O–H groups in total. The van der Waals surface area contributed by atoms with Crippen LogP contribution in [0.2, 0.25) is 0 Å². The van der Waals surface area contributed by atoms with Gasteiger partial charge < -0.3 is 5.32 Å². The van der Waals surface area contributed by atoms with Gasteiger partial charge in [0.15, 0.2) is 0 Å². The van der Waals surface area contributed by atoms with Gasteiger partial charge in [-0.3, -0.25) is 4.98 Å². The summed E-state index contributed by atoms with van der Waals surface area (Å²) < 4.78 is 0. The molecule has 2 nitrogen and oxygen atoms in total. The maximum absolute atomic E-state index is 4.93. The number of nitrogens with zero attached hydrogens (tertiary/aromatic N) is 1. The summed E-state index contributed by atoms with van der Waals surface area (Å²) in [6.07, 6.45) is 5.42. The standard InChI is InChI=1S/C20H28N2/c1-13(2)19-11-16(12-21-17-7-5-6-8-17)18-10-14(3)9-15(4)20(18)22-19/h9-11,13,17,21H,5-8,12H2,1-4H3. The molecule has 0 spiro atoms. The van der Waals surface area contributed by atoms with Crippen LogP contribution in [0, 0.1) is 13.8 Å². The fraction of sp³-hybridized carbons (Fsp3) is 0.550. The first-order valence-corrected chi connectivity index (χ1v) is 8.68. The van der Waals surface area contributed by atoms with Gasteiger partial charge >= 0.3 is 0 Å². The van der Waals surface area contributed by atoms with Crippen molar-refractivity contribution >= 4 is 10.9 Å². The largest absolute Gasteiger partial charge is 0.310 e. The number of pyridine rings is 1. The lowest BCUT2D eigenvalue weighted by molar-refractivity contribution is 0.525. The van der Waals surface area contributed by atoms with E-state index in [2.05, 4.69) is 51.2 Å². The third-order valence-electron chi connectivity index (χ3n) is 4.88.